The molecule has 0 aliphatic carbocycles. The molecular formula is C23H27FO4S. The molecule has 4 unspecified atom stereocenters. The van der Waals surface area contributed by atoms with Gasteiger partial charge in [-0.25, -0.2) is 4.39 Å². The summed E-state index contributed by atoms with van der Waals surface area (Å²) in [7, 11) is 0. The predicted octanol–water partition coefficient (Wildman–Crippen LogP) is 4.75. The Hall–Kier alpha value is -1.89. The van der Waals surface area contributed by atoms with Crippen molar-refractivity contribution in [3.8, 4) is 0 Å². The molecule has 0 spiro atoms. The van der Waals surface area contributed by atoms with E-state index in [-0.39, 0.29) is 5.25 Å². The maximum absolute atomic E-state index is 14.9. The third kappa shape index (κ3) is 6.29. The quantitative estimate of drug-likeness (QED) is 0.579. The number of alkyl halides is 1. The van der Waals surface area contributed by atoms with Crippen LogP contribution in [0.2, 0.25) is 0 Å². The highest BCUT2D eigenvalue weighted by Crippen LogP contribution is 2.39. The van der Waals surface area contributed by atoms with E-state index in [0.717, 1.165) is 16.7 Å². The number of halogens is 1. The number of rotatable bonds is 8. The van der Waals surface area contributed by atoms with Gasteiger partial charge in [-0.15, -0.1) is 11.8 Å². The summed E-state index contributed by atoms with van der Waals surface area (Å²) in [6.45, 7) is 6.39. The third-order valence-electron chi connectivity index (χ3n) is 4.77. The van der Waals surface area contributed by atoms with Gasteiger partial charge in [0, 0.05) is 6.92 Å². The van der Waals surface area contributed by atoms with Crippen LogP contribution in [-0.4, -0.2) is 35.5 Å². The van der Waals surface area contributed by atoms with Crippen LogP contribution in [0.3, 0.4) is 0 Å². The lowest BCUT2D eigenvalue weighted by Gasteiger charge is -2.21. The molecule has 0 N–H and O–H groups in total. The van der Waals surface area contributed by atoms with E-state index in [1.54, 1.807) is 0 Å². The molecule has 0 aromatic heterocycles. The molecule has 2 aromatic carbocycles. The number of hydrogen-bond donors (Lipinski definition) is 0. The molecule has 2 aromatic rings. The van der Waals surface area contributed by atoms with Crippen LogP contribution in [0.1, 0.15) is 29.2 Å². The minimum Gasteiger partial charge on any atom is -0.448 e. The van der Waals surface area contributed by atoms with Crippen molar-refractivity contribution in [3.05, 3.63) is 70.8 Å². The Labute approximate surface area is 175 Å². The highest BCUT2D eigenvalue weighted by Gasteiger charge is 2.47. The smallest absolute Gasteiger partial charge is 0.303 e. The summed E-state index contributed by atoms with van der Waals surface area (Å²) in [5, 5.41) is -0.259. The normalized spacial score (nSPS) is 23.9. The van der Waals surface area contributed by atoms with E-state index >= 15 is 0 Å². The zero-order valence-electron chi connectivity index (χ0n) is 17.0. The lowest BCUT2D eigenvalue weighted by atomic mass is 10.1. The van der Waals surface area contributed by atoms with Gasteiger partial charge in [0.1, 0.15) is 6.10 Å². The van der Waals surface area contributed by atoms with Gasteiger partial charge < -0.3 is 14.2 Å². The zero-order chi connectivity index (χ0) is 20.8. The molecule has 1 aliphatic rings. The van der Waals surface area contributed by atoms with Gasteiger partial charge in [0.15, 0.2) is 11.6 Å². The average molecular weight is 419 g/mol. The van der Waals surface area contributed by atoms with Crippen LogP contribution >= 0.6 is 11.8 Å². The van der Waals surface area contributed by atoms with Crippen molar-refractivity contribution in [3.63, 3.8) is 0 Å². The Bertz CT molecular complexity index is 794. The van der Waals surface area contributed by atoms with Crippen molar-refractivity contribution in [2.24, 2.45) is 0 Å². The highest BCUT2D eigenvalue weighted by molar-refractivity contribution is 8.00. The van der Waals surface area contributed by atoms with Crippen LogP contribution in [0.15, 0.2) is 48.5 Å². The number of thioether (sulfide) groups is 1. The van der Waals surface area contributed by atoms with Crippen molar-refractivity contribution in [2.75, 3.05) is 6.61 Å². The molecule has 4 atom stereocenters. The van der Waals surface area contributed by atoms with Gasteiger partial charge in [-0.2, -0.15) is 0 Å². The van der Waals surface area contributed by atoms with E-state index in [1.807, 2.05) is 62.4 Å². The van der Waals surface area contributed by atoms with E-state index in [1.165, 1.54) is 24.2 Å². The van der Waals surface area contributed by atoms with Crippen LogP contribution in [0.4, 0.5) is 4.39 Å². The average Bonchev–Trinajstić information content (AvgIpc) is 2.97. The zero-order valence-corrected chi connectivity index (χ0v) is 17.8. The summed E-state index contributed by atoms with van der Waals surface area (Å²) >= 11 is 1.26. The summed E-state index contributed by atoms with van der Waals surface area (Å²) in [6, 6.07) is 16.0. The van der Waals surface area contributed by atoms with E-state index < -0.39 is 23.7 Å². The van der Waals surface area contributed by atoms with Crippen molar-refractivity contribution >= 4 is 17.7 Å². The highest BCUT2D eigenvalue weighted by atomic mass is 32.2. The van der Waals surface area contributed by atoms with Gasteiger partial charge in [-0.05, 0) is 25.0 Å². The molecule has 1 heterocycles. The Balaban J connectivity index is 1.60. The monoisotopic (exact) mass is 418 g/mol. The second kappa shape index (κ2) is 10.2. The van der Waals surface area contributed by atoms with Crippen LogP contribution in [-0.2, 0) is 32.2 Å². The summed E-state index contributed by atoms with van der Waals surface area (Å²) in [5.41, 5.74) is 3.51. The Kier molecular flexibility index (Phi) is 7.70. The maximum Gasteiger partial charge on any atom is 0.303 e. The summed E-state index contributed by atoms with van der Waals surface area (Å²) < 4.78 is 31.8. The topological polar surface area (TPSA) is 44.8 Å². The lowest BCUT2D eigenvalue weighted by molar-refractivity contribution is -0.146. The molecule has 6 heteroatoms. The number of benzene rings is 2. The predicted molar refractivity (Wildman–Crippen MR) is 112 cm³/mol. The first kappa shape index (κ1) is 21.8. The van der Waals surface area contributed by atoms with Crippen LogP contribution in [0.25, 0.3) is 0 Å². The Morgan fingerprint density at radius 1 is 0.966 bits per heavy atom. The first-order chi connectivity index (χ1) is 13.9. The molecule has 156 valence electrons. The molecule has 4 nitrogen and oxygen atoms in total. The number of esters is 1. The van der Waals surface area contributed by atoms with Crippen molar-refractivity contribution < 1.29 is 23.4 Å². The number of hydrogen-bond acceptors (Lipinski definition) is 5. The minimum atomic E-state index is -1.40. The molecule has 0 saturated carbocycles. The first-order valence-electron chi connectivity index (χ1n) is 9.69. The Morgan fingerprint density at radius 3 is 2.07 bits per heavy atom. The lowest BCUT2D eigenvalue weighted by Crippen LogP contribution is -2.35. The van der Waals surface area contributed by atoms with Crippen molar-refractivity contribution in [1.82, 2.24) is 0 Å². The molecule has 1 fully saturated rings. The van der Waals surface area contributed by atoms with Crippen LogP contribution in [0, 0.1) is 13.8 Å². The van der Waals surface area contributed by atoms with E-state index in [9.17, 15) is 9.18 Å². The fourth-order valence-corrected chi connectivity index (χ4v) is 4.53. The number of carbonyl (C=O) groups excluding carboxylic acids is 1. The SMILES string of the molecule is CC(=O)OC1SC(COCc2ccc(C)cc2)C(OCc2ccc(C)cc2)C1F. The fourth-order valence-electron chi connectivity index (χ4n) is 3.13. The number of ether oxygens (including phenoxy) is 3. The van der Waals surface area contributed by atoms with Gasteiger partial charge in [0.05, 0.1) is 25.1 Å². The molecule has 3 rings (SSSR count). The molecule has 1 aliphatic heterocycles. The van der Waals surface area contributed by atoms with E-state index in [2.05, 4.69) is 0 Å². The van der Waals surface area contributed by atoms with Gasteiger partial charge in [0.25, 0.3) is 0 Å². The molecule has 1 saturated heterocycles. The van der Waals surface area contributed by atoms with Crippen molar-refractivity contribution in [1.29, 1.82) is 0 Å². The Morgan fingerprint density at radius 2 is 1.52 bits per heavy atom. The second-order valence-electron chi connectivity index (χ2n) is 7.36. The summed E-state index contributed by atoms with van der Waals surface area (Å²) in [5.74, 6) is -0.497. The number of aryl methyl sites for hydroxylation is 2. The molecule has 29 heavy (non-hydrogen) atoms. The molecule has 0 radical (unpaired) electrons. The largest absolute Gasteiger partial charge is 0.448 e. The van der Waals surface area contributed by atoms with Gasteiger partial charge in [0.2, 0.25) is 0 Å². The van der Waals surface area contributed by atoms with Crippen molar-refractivity contribution in [2.45, 2.75) is 56.9 Å². The first-order valence-corrected chi connectivity index (χ1v) is 10.6. The maximum atomic E-state index is 14.9. The van der Waals surface area contributed by atoms with E-state index in [0.29, 0.717) is 19.8 Å². The van der Waals surface area contributed by atoms with Crippen LogP contribution in [0.5, 0.6) is 0 Å². The number of carbonyl (C=O) groups is 1. The van der Waals surface area contributed by atoms with Gasteiger partial charge in [-0.1, -0.05) is 59.7 Å². The molecule has 0 amide bonds. The van der Waals surface area contributed by atoms with Gasteiger partial charge >= 0.3 is 5.97 Å². The molecular weight excluding hydrogens is 391 g/mol. The second-order valence-corrected chi connectivity index (χ2v) is 8.70. The fraction of sp³-hybridized carbons (Fsp3) is 0.435. The summed E-state index contributed by atoms with van der Waals surface area (Å²) in [6.07, 6.45) is -2.11. The summed E-state index contributed by atoms with van der Waals surface area (Å²) in [4.78, 5) is 11.3. The van der Waals surface area contributed by atoms with Gasteiger partial charge in [-0.3, -0.25) is 4.79 Å². The third-order valence-corrected chi connectivity index (χ3v) is 6.14. The minimum absolute atomic E-state index is 0.259. The van der Waals surface area contributed by atoms with Crippen LogP contribution < -0.4 is 0 Å². The molecule has 0 bridgehead atoms. The van der Waals surface area contributed by atoms with E-state index in [4.69, 9.17) is 14.2 Å². The standard InChI is InChI=1S/C23H27FO4S/c1-15-4-8-18(9-5-15)12-26-14-20-22(21(24)23(29-20)28-17(3)25)27-13-19-10-6-16(2)7-11-19/h4-11,20-23H,12-14H2,1-3H3.